The first-order valence-corrected chi connectivity index (χ1v) is 5.49. The highest BCUT2D eigenvalue weighted by molar-refractivity contribution is 9.10. The van der Waals surface area contributed by atoms with Gasteiger partial charge in [-0.05, 0) is 23.1 Å². The molecule has 0 amide bonds. The Morgan fingerprint density at radius 2 is 2.00 bits per heavy atom. The average molecular weight is 263 g/mol. The van der Waals surface area contributed by atoms with Gasteiger partial charge in [0.15, 0.2) is 0 Å². The minimum Gasteiger partial charge on any atom is -0.198 e. The Morgan fingerprint density at radius 1 is 1.33 bits per heavy atom. The van der Waals surface area contributed by atoms with Crippen LogP contribution in [0.15, 0.2) is 16.6 Å². The molecule has 1 aromatic rings. The number of hydrogen-bond donors (Lipinski definition) is 0. The standard InChI is InChI=1S/C12H11BrN2/c1-8(2)11-10(7-15)4-3-9(5-6-14)12(11)13/h3-4,8H,5H2,1-2H3. The highest BCUT2D eigenvalue weighted by Gasteiger charge is 2.13. The molecule has 2 nitrogen and oxygen atoms in total. The zero-order valence-electron chi connectivity index (χ0n) is 8.71. The number of nitrogens with zero attached hydrogens (tertiary/aromatic N) is 2. The van der Waals surface area contributed by atoms with Crippen molar-refractivity contribution in [3.63, 3.8) is 0 Å². The van der Waals surface area contributed by atoms with Gasteiger partial charge in [-0.15, -0.1) is 0 Å². The maximum Gasteiger partial charge on any atom is 0.0995 e. The minimum absolute atomic E-state index is 0.271. The van der Waals surface area contributed by atoms with Crippen LogP contribution in [0.25, 0.3) is 0 Å². The molecular weight excluding hydrogens is 252 g/mol. The summed E-state index contributed by atoms with van der Waals surface area (Å²) in [6, 6.07) is 7.91. The van der Waals surface area contributed by atoms with Crippen LogP contribution in [0.3, 0.4) is 0 Å². The lowest BCUT2D eigenvalue weighted by Crippen LogP contribution is -1.98. The van der Waals surface area contributed by atoms with E-state index in [1.165, 1.54) is 0 Å². The molecule has 0 fully saturated rings. The minimum atomic E-state index is 0.271. The van der Waals surface area contributed by atoms with Crippen molar-refractivity contribution in [2.75, 3.05) is 0 Å². The summed E-state index contributed by atoms with van der Waals surface area (Å²) in [6.45, 7) is 4.08. The summed E-state index contributed by atoms with van der Waals surface area (Å²) in [6.07, 6.45) is 0.367. The molecule has 0 spiro atoms. The fraction of sp³-hybridized carbons (Fsp3) is 0.333. The zero-order valence-corrected chi connectivity index (χ0v) is 10.3. The van der Waals surface area contributed by atoms with Crippen LogP contribution in [0, 0.1) is 22.7 Å². The normalized spacial score (nSPS) is 9.73. The van der Waals surface area contributed by atoms with Gasteiger partial charge in [0.2, 0.25) is 0 Å². The third-order valence-corrected chi connectivity index (χ3v) is 3.16. The summed E-state index contributed by atoms with van der Waals surface area (Å²) >= 11 is 3.47. The van der Waals surface area contributed by atoms with Crippen LogP contribution in [0.1, 0.15) is 36.5 Å². The molecule has 0 saturated carbocycles. The van der Waals surface area contributed by atoms with Gasteiger partial charge in [-0.1, -0.05) is 35.8 Å². The Bertz CT molecular complexity index is 450. The maximum atomic E-state index is 8.98. The second kappa shape index (κ2) is 4.96. The smallest absolute Gasteiger partial charge is 0.0995 e. The van der Waals surface area contributed by atoms with Gasteiger partial charge in [0, 0.05) is 4.47 Å². The molecule has 0 aliphatic heterocycles. The number of hydrogen-bond acceptors (Lipinski definition) is 2. The Balaban J connectivity index is 3.39. The fourth-order valence-electron chi connectivity index (χ4n) is 1.52. The summed E-state index contributed by atoms with van der Waals surface area (Å²) in [5.41, 5.74) is 2.61. The summed E-state index contributed by atoms with van der Waals surface area (Å²) in [7, 11) is 0. The predicted octanol–water partition coefficient (Wildman–Crippen LogP) is 3.51. The molecule has 0 radical (unpaired) electrons. The first-order chi connectivity index (χ1) is 7.11. The summed E-state index contributed by atoms with van der Waals surface area (Å²) < 4.78 is 0.901. The molecule has 3 heteroatoms. The average Bonchev–Trinajstić information content (AvgIpc) is 2.20. The van der Waals surface area contributed by atoms with Gasteiger partial charge < -0.3 is 0 Å². The van der Waals surface area contributed by atoms with E-state index in [2.05, 4.69) is 28.1 Å². The Hall–Kier alpha value is -1.32. The Kier molecular flexibility index (Phi) is 3.88. The van der Waals surface area contributed by atoms with E-state index in [0.717, 1.165) is 15.6 Å². The molecule has 0 atom stereocenters. The molecule has 0 bridgehead atoms. The van der Waals surface area contributed by atoms with Gasteiger partial charge in [-0.3, -0.25) is 0 Å². The highest BCUT2D eigenvalue weighted by Crippen LogP contribution is 2.31. The van der Waals surface area contributed by atoms with Crippen LogP contribution in [-0.4, -0.2) is 0 Å². The van der Waals surface area contributed by atoms with E-state index in [4.69, 9.17) is 10.5 Å². The third kappa shape index (κ3) is 2.37. The van der Waals surface area contributed by atoms with Crippen LogP contribution >= 0.6 is 15.9 Å². The molecule has 0 aromatic heterocycles. The SMILES string of the molecule is CC(C)c1c(C#N)ccc(CC#N)c1Br. The van der Waals surface area contributed by atoms with Crippen molar-refractivity contribution in [3.8, 4) is 12.1 Å². The lowest BCUT2D eigenvalue weighted by molar-refractivity contribution is 0.853. The van der Waals surface area contributed by atoms with Crippen molar-refractivity contribution in [2.45, 2.75) is 26.2 Å². The van der Waals surface area contributed by atoms with Crippen molar-refractivity contribution in [3.05, 3.63) is 33.3 Å². The van der Waals surface area contributed by atoms with Crippen molar-refractivity contribution in [1.29, 1.82) is 10.5 Å². The molecule has 0 aliphatic rings. The molecule has 76 valence electrons. The van der Waals surface area contributed by atoms with E-state index in [0.29, 0.717) is 12.0 Å². The quantitative estimate of drug-likeness (QED) is 0.819. The summed E-state index contributed by atoms with van der Waals surface area (Å²) in [5, 5.41) is 17.6. The molecule has 0 saturated heterocycles. The monoisotopic (exact) mass is 262 g/mol. The Labute approximate surface area is 98.3 Å². The summed E-state index contributed by atoms with van der Waals surface area (Å²) in [4.78, 5) is 0. The molecular formula is C12H11BrN2. The van der Waals surface area contributed by atoms with Gasteiger partial charge in [0.25, 0.3) is 0 Å². The zero-order chi connectivity index (χ0) is 11.4. The van der Waals surface area contributed by atoms with Crippen molar-refractivity contribution < 1.29 is 0 Å². The number of rotatable bonds is 2. The maximum absolute atomic E-state index is 8.98. The van der Waals surface area contributed by atoms with E-state index in [1.807, 2.05) is 19.9 Å². The van der Waals surface area contributed by atoms with Crippen molar-refractivity contribution >= 4 is 15.9 Å². The largest absolute Gasteiger partial charge is 0.198 e. The van der Waals surface area contributed by atoms with Crippen molar-refractivity contribution in [1.82, 2.24) is 0 Å². The molecule has 0 aliphatic carbocycles. The van der Waals surface area contributed by atoms with E-state index in [-0.39, 0.29) is 5.92 Å². The van der Waals surface area contributed by atoms with E-state index in [9.17, 15) is 0 Å². The van der Waals surface area contributed by atoms with Crippen molar-refractivity contribution in [2.24, 2.45) is 0 Å². The summed E-state index contributed by atoms with van der Waals surface area (Å²) in [5.74, 6) is 0.271. The second-order valence-corrected chi connectivity index (χ2v) is 4.39. The van der Waals surface area contributed by atoms with Gasteiger partial charge in [0.1, 0.15) is 0 Å². The number of benzene rings is 1. The fourth-order valence-corrected chi connectivity index (χ4v) is 2.47. The Morgan fingerprint density at radius 3 is 2.47 bits per heavy atom. The van der Waals surface area contributed by atoms with E-state index >= 15 is 0 Å². The van der Waals surface area contributed by atoms with Gasteiger partial charge >= 0.3 is 0 Å². The molecule has 1 aromatic carbocycles. The van der Waals surface area contributed by atoms with Gasteiger partial charge in [-0.25, -0.2) is 0 Å². The van der Waals surface area contributed by atoms with Gasteiger partial charge in [-0.2, -0.15) is 10.5 Å². The highest BCUT2D eigenvalue weighted by atomic mass is 79.9. The second-order valence-electron chi connectivity index (χ2n) is 3.60. The number of nitriles is 2. The predicted molar refractivity (Wildman–Crippen MR) is 62.3 cm³/mol. The molecule has 15 heavy (non-hydrogen) atoms. The van der Waals surface area contributed by atoms with Crippen LogP contribution in [0.5, 0.6) is 0 Å². The van der Waals surface area contributed by atoms with Crippen LogP contribution in [-0.2, 0) is 6.42 Å². The van der Waals surface area contributed by atoms with E-state index < -0.39 is 0 Å². The third-order valence-electron chi connectivity index (χ3n) is 2.23. The molecule has 0 N–H and O–H groups in total. The molecule has 0 heterocycles. The van der Waals surface area contributed by atoms with E-state index in [1.54, 1.807) is 6.07 Å². The topological polar surface area (TPSA) is 47.6 Å². The molecule has 0 unspecified atom stereocenters. The number of halogens is 1. The van der Waals surface area contributed by atoms with Gasteiger partial charge in [0.05, 0.1) is 24.1 Å². The van der Waals surface area contributed by atoms with Crippen LogP contribution in [0.2, 0.25) is 0 Å². The molecule has 1 rings (SSSR count). The lowest BCUT2D eigenvalue weighted by Gasteiger charge is -2.13. The van der Waals surface area contributed by atoms with Crippen LogP contribution in [0.4, 0.5) is 0 Å². The van der Waals surface area contributed by atoms with Crippen LogP contribution < -0.4 is 0 Å². The first kappa shape index (κ1) is 11.8. The lowest BCUT2D eigenvalue weighted by atomic mass is 9.95. The first-order valence-electron chi connectivity index (χ1n) is 4.70.